The smallest absolute Gasteiger partial charge is 0.309 e. The van der Waals surface area contributed by atoms with Gasteiger partial charge in [-0.15, -0.1) is 0 Å². The van der Waals surface area contributed by atoms with Gasteiger partial charge in [0.2, 0.25) is 11.9 Å². The van der Waals surface area contributed by atoms with Crippen molar-refractivity contribution in [2.75, 3.05) is 0 Å². The standard InChI is InChI=1S/C75H51BN10/c1-46-44-47(2)69(48(3)45-46)76(72-77-70(49-24-8-4-9-25-49)79-74(81-72)85-59-38-22-18-34-55(59)67-63(85)42-40-61-65(67)53-32-16-20-36-57(53)83(61)51-28-12-6-13-29-51)73-78-71(50-26-10-5-11-27-50)80-75(82-73)86-60-39-23-19-35-56(60)68-64(86)43-41-62-66(68)54-33-17-21-37-58(54)84(62)52-30-14-7-15-31-52/h4-45H,1-3H3. The molecule has 0 aliphatic heterocycles. The molecule has 0 aliphatic carbocycles. The summed E-state index contributed by atoms with van der Waals surface area (Å²) in [4.78, 5) is 33.7. The van der Waals surface area contributed by atoms with Crippen molar-refractivity contribution in [3.8, 4) is 46.0 Å². The molecular formula is C75H51BN10. The maximum atomic E-state index is 5.77. The van der Waals surface area contributed by atoms with Crippen LogP contribution >= 0.6 is 0 Å². The number of fused-ring (bicyclic) bond motifs is 14. The minimum atomic E-state index is -0.712. The molecule has 0 spiro atoms. The first-order valence-electron chi connectivity index (χ1n) is 29.2. The van der Waals surface area contributed by atoms with Gasteiger partial charge in [-0.2, -0.15) is 9.97 Å². The molecular weight excluding hydrogens is 1050 g/mol. The van der Waals surface area contributed by atoms with Gasteiger partial charge in [-0.25, -0.2) is 19.9 Å². The molecule has 11 aromatic carbocycles. The van der Waals surface area contributed by atoms with E-state index in [-0.39, 0.29) is 0 Å². The predicted molar refractivity (Wildman–Crippen MR) is 353 cm³/mol. The number of aromatic nitrogens is 10. The SMILES string of the molecule is Cc1cc(C)c(B(c2nc(-c3ccccc3)nc(-n3c4ccccc4c4c5c6ccccc6n(-c6ccccc6)c5ccc43)n2)c2nc(-c3ccccc3)nc(-n3c4ccccc4c4c5c6ccccc6n(-c6ccccc6)c5ccc43)n2)c(C)c1. The molecule has 0 bridgehead atoms. The number of rotatable bonds is 9. The zero-order valence-corrected chi connectivity index (χ0v) is 47.3. The van der Waals surface area contributed by atoms with E-state index in [9.17, 15) is 0 Å². The summed E-state index contributed by atoms with van der Waals surface area (Å²) in [6, 6.07) is 89.8. The molecule has 0 aliphatic rings. The Morgan fingerprint density at radius 2 is 0.581 bits per heavy atom. The predicted octanol–water partition coefficient (Wildman–Crippen LogP) is 15.2. The number of aryl methyl sites for hydroxylation is 3. The lowest BCUT2D eigenvalue weighted by atomic mass is 9.41. The van der Waals surface area contributed by atoms with Gasteiger partial charge in [0.1, 0.15) is 11.4 Å². The van der Waals surface area contributed by atoms with Gasteiger partial charge in [-0.05, 0) is 93.6 Å². The van der Waals surface area contributed by atoms with Crippen molar-refractivity contribution < 1.29 is 0 Å². The van der Waals surface area contributed by atoms with Crippen LogP contribution in [0.2, 0.25) is 0 Å². The third-order valence-corrected chi connectivity index (χ3v) is 17.3. The lowest BCUT2D eigenvalue weighted by Gasteiger charge is -2.20. The van der Waals surface area contributed by atoms with Crippen molar-refractivity contribution in [2.45, 2.75) is 20.8 Å². The first-order chi connectivity index (χ1) is 42.4. The summed E-state index contributed by atoms with van der Waals surface area (Å²) in [6.07, 6.45) is 0. The topological polar surface area (TPSA) is 97.1 Å². The van der Waals surface area contributed by atoms with Crippen LogP contribution < -0.4 is 16.9 Å². The van der Waals surface area contributed by atoms with Gasteiger partial charge in [0.15, 0.2) is 11.6 Å². The Morgan fingerprint density at radius 1 is 0.279 bits per heavy atom. The van der Waals surface area contributed by atoms with E-state index in [1.54, 1.807) is 0 Å². The van der Waals surface area contributed by atoms with E-state index in [2.05, 4.69) is 257 Å². The van der Waals surface area contributed by atoms with Crippen LogP contribution in [-0.4, -0.2) is 54.9 Å². The molecule has 0 radical (unpaired) electrons. The Hall–Kier alpha value is -11.3. The van der Waals surface area contributed by atoms with E-state index in [0.717, 1.165) is 132 Å². The van der Waals surface area contributed by atoms with Crippen LogP contribution in [0.3, 0.4) is 0 Å². The van der Waals surface area contributed by atoms with Crippen LogP contribution in [0.1, 0.15) is 16.7 Å². The van der Waals surface area contributed by atoms with Crippen molar-refractivity contribution >= 4 is 111 Å². The van der Waals surface area contributed by atoms with Crippen LogP contribution in [0.25, 0.3) is 133 Å². The zero-order chi connectivity index (χ0) is 57.1. The van der Waals surface area contributed by atoms with E-state index < -0.39 is 6.71 Å². The van der Waals surface area contributed by atoms with Crippen molar-refractivity contribution in [2.24, 2.45) is 0 Å². The summed E-state index contributed by atoms with van der Waals surface area (Å²) in [5, 5.41) is 9.09. The fraction of sp³-hybridized carbons (Fsp3) is 0.0400. The first kappa shape index (κ1) is 49.3. The third kappa shape index (κ3) is 7.54. The number of nitrogens with zero attached hydrogens (tertiary/aromatic N) is 10. The monoisotopic (exact) mass is 1100 g/mol. The Bertz CT molecular complexity index is 5230. The second-order valence-electron chi connectivity index (χ2n) is 22.4. The maximum Gasteiger partial charge on any atom is 0.338 e. The number of hydrogen-bond donors (Lipinski definition) is 0. The van der Waals surface area contributed by atoms with Gasteiger partial charge >= 0.3 is 6.71 Å². The summed E-state index contributed by atoms with van der Waals surface area (Å²) in [5.41, 5.74) is 17.6. The third-order valence-electron chi connectivity index (χ3n) is 17.3. The highest BCUT2D eigenvalue weighted by Gasteiger charge is 2.36. The molecule has 0 fully saturated rings. The van der Waals surface area contributed by atoms with Gasteiger partial charge in [0.05, 0.1) is 44.1 Å². The average Bonchev–Trinajstić information content (AvgIpc) is 1.58. The van der Waals surface area contributed by atoms with Gasteiger partial charge in [0.25, 0.3) is 0 Å². The highest BCUT2D eigenvalue weighted by Crippen LogP contribution is 2.44. The molecule has 10 nitrogen and oxygen atoms in total. The Labute approximate surface area is 494 Å². The number of hydrogen-bond acceptors (Lipinski definition) is 6. The summed E-state index contributed by atoms with van der Waals surface area (Å²) >= 11 is 0. The molecule has 0 unspecified atom stereocenters. The minimum absolute atomic E-state index is 0.484. The molecule has 0 atom stereocenters. The summed E-state index contributed by atoms with van der Waals surface area (Å²) in [7, 11) is 0. The van der Waals surface area contributed by atoms with Crippen LogP contribution in [0.4, 0.5) is 0 Å². The molecule has 0 amide bonds. The van der Waals surface area contributed by atoms with Gasteiger partial charge in [-0.3, -0.25) is 9.13 Å². The second-order valence-corrected chi connectivity index (χ2v) is 22.4. The summed E-state index contributed by atoms with van der Waals surface area (Å²) < 4.78 is 9.20. The fourth-order valence-electron chi connectivity index (χ4n) is 13.9. The molecule has 17 rings (SSSR count). The second kappa shape index (κ2) is 19.4. The normalized spacial score (nSPS) is 11.9. The van der Waals surface area contributed by atoms with Crippen molar-refractivity contribution in [3.05, 3.63) is 271 Å². The minimum Gasteiger partial charge on any atom is -0.309 e. The zero-order valence-electron chi connectivity index (χ0n) is 47.3. The van der Waals surface area contributed by atoms with Crippen molar-refractivity contribution in [1.82, 2.24) is 48.2 Å². The molecule has 6 heterocycles. The highest BCUT2D eigenvalue weighted by atomic mass is 15.2. The molecule has 0 N–H and O–H groups in total. The average molecular weight is 1100 g/mol. The van der Waals surface area contributed by atoms with Crippen LogP contribution in [0.15, 0.2) is 255 Å². The van der Waals surface area contributed by atoms with E-state index in [1.165, 1.54) is 0 Å². The summed E-state index contributed by atoms with van der Waals surface area (Å²) in [6.45, 7) is 5.79. The Kier molecular flexibility index (Phi) is 11.1. The molecule has 6 aromatic heterocycles. The van der Waals surface area contributed by atoms with E-state index in [4.69, 9.17) is 29.9 Å². The van der Waals surface area contributed by atoms with Gasteiger partial charge in [0, 0.05) is 65.6 Å². The van der Waals surface area contributed by atoms with Crippen LogP contribution in [0, 0.1) is 20.8 Å². The molecule has 11 heteroatoms. The Balaban J connectivity index is 0.961. The van der Waals surface area contributed by atoms with Gasteiger partial charge < -0.3 is 9.13 Å². The van der Waals surface area contributed by atoms with Crippen molar-refractivity contribution in [1.29, 1.82) is 0 Å². The van der Waals surface area contributed by atoms with E-state index in [0.29, 0.717) is 35.0 Å². The Morgan fingerprint density at radius 3 is 0.942 bits per heavy atom. The fourth-order valence-corrected chi connectivity index (χ4v) is 13.9. The van der Waals surface area contributed by atoms with Crippen LogP contribution in [-0.2, 0) is 0 Å². The van der Waals surface area contributed by atoms with Crippen LogP contribution in [0.5, 0.6) is 0 Å². The summed E-state index contributed by atoms with van der Waals surface area (Å²) in [5.74, 6) is 2.03. The molecule has 86 heavy (non-hydrogen) atoms. The quantitative estimate of drug-likeness (QED) is 0.134. The first-order valence-corrected chi connectivity index (χ1v) is 29.2. The lowest BCUT2D eigenvalue weighted by Crippen LogP contribution is -2.59. The molecule has 0 saturated carbocycles. The maximum absolute atomic E-state index is 5.77. The number of para-hydroxylation sites is 6. The highest BCUT2D eigenvalue weighted by molar-refractivity contribution is 6.94. The molecule has 17 aromatic rings. The largest absolute Gasteiger partial charge is 0.338 e. The van der Waals surface area contributed by atoms with E-state index >= 15 is 0 Å². The van der Waals surface area contributed by atoms with E-state index in [1.807, 2.05) is 36.4 Å². The lowest BCUT2D eigenvalue weighted by molar-refractivity contribution is 0.959. The van der Waals surface area contributed by atoms with Gasteiger partial charge in [-0.1, -0.05) is 204 Å². The molecule has 0 saturated heterocycles. The number of benzene rings is 11. The van der Waals surface area contributed by atoms with Crippen molar-refractivity contribution in [3.63, 3.8) is 0 Å². The molecule has 404 valence electrons.